The first-order chi connectivity index (χ1) is 11.5. The summed E-state index contributed by atoms with van der Waals surface area (Å²) in [6.45, 7) is 6.02. The van der Waals surface area contributed by atoms with Gasteiger partial charge in [-0.05, 0) is 39.3 Å². The number of hydrogen-bond donors (Lipinski definition) is 1. The number of carbonyl (C=O) groups is 2. The Bertz CT molecular complexity index is 738. The van der Waals surface area contributed by atoms with Crippen molar-refractivity contribution in [1.29, 1.82) is 0 Å². The summed E-state index contributed by atoms with van der Waals surface area (Å²) in [7, 11) is 0. The van der Waals surface area contributed by atoms with E-state index in [1.165, 1.54) is 0 Å². The maximum absolute atomic E-state index is 12.7. The Labute approximate surface area is 141 Å². The SMILES string of the molecule is CC1CC(NC(=O)c2cn(C(C)C)cn2)C(=O)N1c1ccccc1. The fraction of sp³-hybridized carbons (Fsp3) is 0.389. The van der Waals surface area contributed by atoms with Crippen molar-refractivity contribution in [1.82, 2.24) is 14.9 Å². The monoisotopic (exact) mass is 326 g/mol. The molecule has 0 radical (unpaired) electrons. The van der Waals surface area contributed by atoms with E-state index >= 15 is 0 Å². The third-order valence-corrected chi connectivity index (χ3v) is 4.32. The van der Waals surface area contributed by atoms with E-state index in [0.717, 1.165) is 5.69 Å². The van der Waals surface area contributed by atoms with Crippen molar-refractivity contribution in [2.45, 2.75) is 45.3 Å². The Balaban J connectivity index is 1.71. The van der Waals surface area contributed by atoms with E-state index < -0.39 is 6.04 Å². The van der Waals surface area contributed by atoms with Crippen LogP contribution >= 0.6 is 0 Å². The van der Waals surface area contributed by atoms with Crippen LogP contribution in [0.15, 0.2) is 42.9 Å². The normalized spacial score (nSPS) is 20.7. The zero-order valence-electron chi connectivity index (χ0n) is 14.1. The standard InChI is InChI=1S/C18H22N4O2/c1-12(2)21-10-16(19-11-21)17(23)20-15-9-13(3)22(18(15)24)14-7-5-4-6-8-14/h4-8,10-13,15H,9H2,1-3H3,(H,20,23). The largest absolute Gasteiger partial charge is 0.339 e. The van der Waals surface area contributed by atoms with Crippen LogP contribution in [0, 0.1) is 0 Å². The number of amides is 2. The van der Waals surface area contributed by atoms with Gasteiger partial charge in [-0.15, -0.1) is 0 Å². The molecule has 1 aromatic carbocycles. The predicted octanol–water partition coefficient (Wildman–Crippen LogP) is 2.39. The molecule has 1 aliphatic rings. The van der Waals surface area contributed by atoms with Crippen molar-refractivity contribution in [2.24, 2.45) is 0 Å². The maximum atomic E-state index is 12.7. The summed E-state index contributed by atoms with van der Waals surface area (Å²) in [4.78, 5) is 30.9. The summed E-state index contributed by atoms with van der Waals surface area (Å²) in [5.41, 5.74) is 1.19. The van der Waals surface area contributed by atoms with Crippen molar-refractivity contribution >= 4 is 17.5 Å². The number of anilines is 1. The molecule has 2 amide bonds. The van der Waals surface area contributed by atoms with E-state index in [1.54, 1.807) is 17.4 Å². The van der Waals surface area contributed by atoms with Crippen LogP contribution in [0.25, 0.3) is 0 Å². The van der Waals surface area contributed by atoms with E-state index in [4.69, 9.17) is 0 Å². The zero-order valence-corrected chi connectivity index (χ0v) is 14.1. The molecule has 1 fully saturated rings. The van der Waals surface area contributed by atoms with Crippen molar-refractivity contribution in [3.05, 3.63) is 48.5 Å². The Morgan fingerprint density at radius 2 is 2.00 bits per heavy atom. The Kier molecular flexibility index (Phi) is 4.38. The molecule has 0 spiro atoms. The number of para-hydroxylation sites is 1. The number of nitrogens with zero attached hydrogens (tertiary/aromatic N) is 3. The van der Waals surface area contributed by atoms with Crippen LogP contribution in [0.4, 0.5) is 5.69 Å². The fourth-order valence-corrected chi connectivity index (χ4v) is 2.99. The fourth-order valence-electron chi connectivity index (χ4n) is 2.99. The molecule has 126 valence electrons. The van der Waals surface area contributed by atoms with Gasteiger partial charge in [0.05, 0.1) is 6.33 Å². The smallest absolute Gasteiger partial charge is 0.272 e. The summed E-state index contributed by atoms with van der Waals surface area (Å²) in [5, 5.41) is 2.82. The Morgan fingerprint density at radius 3 is 2.62 bits per heavy atom. The molecule has 2 atom stereocenters. The van der Waals surface area contributed by atoms with Crippen molar-refractivity contribution in [3.63, 3.8) is 0 Å². The highest BCUT2D eigenvalue weighted by Gasteiger charge is 2.39. The zero-order chi connectivity index (χ0) is 17.3. The predicted molar refractivity (Wildman–Crippen MR) is 91.9 cm³/mol. The molecule has 3 rings (SSSR count). The molecule has 0 aliphatic carbocycles. The van der Waals surface area contributed by atoms with Gasteiger partial charge in [-0.1, -0.05) is 18.2 Å². The molecule has 24 heavy (non-hydrogen) atoms. The van der Waals surface area contributed by atoms with E-state index in [9.17, 15) is 9.59 Å². The van der Waals surface area contributed by atoms with Crippen LogP contribution < -0.4 is 10.2 Å². The van der Waals surface area contributed by atoms with Gasteiger partial charge in [0.2, 0.25) is 5.91 Å². The molecular weight excluding hydrogens is 304 g/mol. The van der Waals surface area contributed by atoms with E-state index in [2.05, 4.69) is 10.3 Å². The van der Waals surface area contributed by atoms with Gasteiger partial charge in [0.1, 0.15) is 11.7 Å². The molecule has 1 aliphatic heterocycles. The van der Waals surface area contributed by atoms with Crippen LogP contribution in [0.3, 0.4) is 0 Å². The first-order valence-electron chi connectivity index (χ1n) is 8.20. The molecule has 6 heteroatoms. The Hall–Kier alpha value is -2.63. The second kappa shape index (κ2) is 6.47. The topological polar surface area (TPSA) is 67.2 Å². The van der Waals surface area contributed by atoms with Gasteiger partial charge in [0.25, 0.3) is 5.91 Å². The van der Waals surface area contributed by atoms with Crippen LogP contribution in [0.1, 0.15) is 43.7 Å². The van der Waals surface area contributed by atoms with E-state index in [-0.39, 0.29) is 23.9 Å². The summed E-state index contributed by atoms with van der Waals surface area (Å²) in [6.07, 6.45) is 3.93. The van der Waals surface area contributed by atoms with Gasteiger partial charge >= 0.3 is 0 Å². The lowest BCUT2D eigenvalue weighted by atomic mass is 10.2. The van der Waals surface area contributed by atoms with Crippen LogP contribution in [-0.4, -0.2) is 33.4 Å². The minimum atomic E-state index is -0.517. The number of carbonyl (C=O) groups excluding carboxylic acids is 2. The van der Waals surface area contributed by atoms with E-state index in [0.29, 0.717) is 12.1 Å². The average molecular weight is 326 g/mol. The number of hydrogen-bond acceptors (Lipinski definition) is 3. The minimum Gasteiger partial charge on any atom is -0.339 e. The lowest BCUT2D eigenvalue weighted by Gasteiger charge is -2.21. The highest BCUT2D eigenvalue weighted by atomic mass is 16.2. The number of benzene rings is 1. The molecule has 1 saturated heterocycles. The summed E-state index contributed by atoms with van der Waals surface area (Å²) < 4.78 is 1.87. The van der Waals surface area contributed by atoms with Crippen molar-refractivity contribution in [2.75, 3.05) is 4.90 Å². The highest BCUT2D eigenvalue weighted by Crippen LogP contribution is 2.26. The number of aromatic nitrogens is 2. The third-order valence-electron chi connectivity index (χ3n) is 4.32. The average Bonchev–Trinajstić information content (AvgIpc) is 3.14. The third kappa shape index (κ3) is 3.04. The maximum Gasteiger partial charge on any atom is 0.272 e. The molecule has 6 nitrogen and oxygen atoms in total. The summed E-state index contributed by atoms with van der Waals surface area (Å²) >= 11 is 0. The van der Waals surface area contributed by atoms with E-state index in [1.807, 2.05) is 55.7 Å². The van der Waals surface area contributed by atoms with Gasteiger partial charge in [-0.3, -0.25) is 9.59 Å². The van der Waals surface area contributed by atoms with Gasteiger partial charge < -0.3 is 14.8 Å². The second-order valence-electron chi connectivity index (χ2n) is 6.45. The van der Waals surface area contributed by atoms with Crippen LogP contribution in [-0.2, 0) is 4.79 Å². The highest BCUT2D eigenvalue weighted by molar-refractivity contribution is 6.03. The molecule has 2 unspecified atom stereocenters. The van der Waals surface area contributed by atoms with Gasteiger partial charge in [-0.25, -0.2) is 4.98 Å². The van der Waals surface area contributed by atoms with Crippen LogP contribution in [0.5, 0.6) is 0 Å². The molecule has 2 aromatic rings. The van der Waals surface area contributed by atoms with Gasteiger partial charge in [-0.2, -0.15) is 0 Å². The molecule has 1 aromatic heterocycles. The minimum absolute atomic E-state index is 0.0402. The molecule has 1 N–H and O–H groups in total. The summed E-state index contributed by atoms with van der Waals surface area (Å²) in [5.74, 6) is -0.389. The van der Waals surface area contributed by atoms with Crippen LogP contribution in [0.2, 0.25) is 0 Å². The molecule has 2 heterocycles. The quantitative estimate of drug-likeness (QED) is 0.938. The molecule has 0 saturated carbocycles. The Morgan fingerprint density at radius 1 is 1.29 bits per heavy atom. The summed E-state index contributed by atoms with van der Waals surface area (Å²) in [6, 6.07) is 9.29. The van der Waals surface area contributed by atoms with Gasteiger partial charge in [0, 0.05) is 24.0 Å². The van der Waals surface area contributed by atoms with Crippen molar-refractivity contribution in [3.8, 4) is 0 Å². The lowest BCUT2D eigenvalue weighted by Crippen LogP contribution is -2.42. The number of nitrogens with one attached hydrogen (secondary N) is 1. The number of imidazole rings is 1. The molecular formula is C18H22N4O2. The van der Waals surface area contributed by atoms with Gasteiger partial charge in [0.15, 0.2) is 0 Å². The van der Waals surface area contributed by atoms with Crippen molar-refractivity contribution < 1.29 is 9.59 Å². The second-order valence-corrected chi connectivity index (χ2v) is 6.45. The number of rotatable bonds is 4. The lowest BCUT2D eigenvalue weighted by molar-refractivity contribution is -0.118. The first kappa shape index (κ1) is 16.2. The first-order valence-corrected chi connectivity index (χ1v) is 8.20. The molecule has 0 bridgehead atoms.